The van der Waals surface area contributed by atoms with Gasteiger partial charge in [-0.05, 0) is 17.7 Å². The summed E-state index contributed by atoms with van der Waals surface area (Å²) >= 11 is 5.85. The van der Waals surface area contributed by atoms with Gasteiger partial charge in [0, 0.05) is 10.6 Å². The second-order valence-electron chi connectivity index (χ2n) is 2.90. The summed E-state index contributed by atoms with van der Waals surface area (Å²) in [5, 5.41) is 8.91. The fourth-order valence-electron chi connectivity index (χ4n) is 1.05. The molecule has 0 aliphatic carbocycles. The largest absolute Gasteiger partial charge is 0.481 e. The van der Waals surface area contributed by atoms with Gasteiger partial charge in [0.25, 0.3) is 0 Å². The van der Waals surface area contributed by atoms with Crippen LogP contribution >= 0.6 is 11.6 Å². The van der Waals surface area contributed by atoms with Crippen LogP contribution in [-0.2, 0) is 4.79 Å². The number of hydrogen-bond donors (Lipinski definition) is 1. The third-order valence-electron chi connectivity index (χ3n) is 1.75. The van der Waals surface area contributed by atoms with Crippen molar-refractivity contribution in [3.8, 4) is 0 Å². The molecule has 0 spiro atoms. The summed E-state index contributed by atoms with van der Waals surface area (Å²) in [6, 6.07) is 4.81. The van der Waals surface area contributed by atoms with Crippen molar-refractivity contribution in [2.75, 3.05) is 0 Å². The summed E-state index contributed by atoms with van der Waals surface area (Å²) in [4.78, 5) is 20.7. The van der Waals surface area contributed by atoms with Gasteiger partial charge < -0.3 is 5.11 Å². The predicted octanol–water partition coefficient (Wildman–Crippen LogP) is 2.64. The molecule has 1 N–H and O–H groups in total. The minimum absolute atomic E-state index is 0.0678. The smallest absolute Gasteiger partial charge is 0.307 e. The van der Waals surface area contributed by atoms with Crippen LogP contribution in [-0.4, -0.2) is 17.4 Å². The number of hydrogen-bond acceptors (Lipinski definition) is 2. The molecule has 1 aromatic carbocycles. The van der Waals surface area contributed by atoms with Gasteiger partial charge in [0.2, 0.25) is 0 Å². The van der Waals surface area contributed by atoms with Gasteiger partial charge in [0.15, 0.2) is 0 Å². The number of carboxylic acid groups (broad SMARTS) is 1. The van der Waals surface area contributed by atoms with Crippen LogP contribution in [0.15, 0.2) is 24.3 Å². The lowest BCUT2D eigenvalue weighted by Crippen LogP contribution is -1.90. The summed E-state index contributed by atoms with van der Waals surface area (Å²) < 4.78 is 0. The fraction of sp³-hybridized carbons (Fsp3) is 0.0909. The molecule has 0 radical (unpaired) electrons. The van der Waals surface area contributed by atoms with Gasteiger partial charge in [-0.1, -0.05) is 29.8 Å². The van der Waals surface area contributed by atoms with Crippen LogP contribution in [0.2, 0.25) is 5.02 Å². The van der Waals surface area contributed by atoms with Gasteiger partial charge in [-0.15, -0.1) is 0 Å². The van der Waals surface area contributed by atoms with E-state index in [0.717, 1.165) is 0 Å². The van der Waals surface area contributed by atoms with Crippen molar-refractivity contribution < 1.29 is 14.7 Å². The number of carbonyl (C=O) groups excluding carboxylic acids is 1. The zero-order valence-electron chi connectivity index (χ0n) is 7.81. The molecule has 0 saturated heterocycles. The van der Waals surface area contributed by atoms with Crippen LogP contribution in [0.1, 0.15) is 22.3 Å². The highest BCUT2D eigenvalue weighted by molar-refractivity contribution is 6.32. The van der Waals surface area contributed by atoms with Crippen LogP contribution in [0.4, 0.5) is 0 Å². The van der Waals surface area contributed by atoms with Gasteiger partial charge in [-0.3, -0.25) is 9.59 Å². The monoisotopic (exact) mass is 224 g/mol. The first kappa shape index (κ1) is 11.5. The maximum absolute atomic E-state index is 10.5. The highest BCUT2D eigenvalue weighted by Gasteiger charge is 1.98. The Kier molecular flexibility index (Phi) is 4.06. The topological polar surface area (TPSA) is 54.4 Å². The van der Waals surface area contributed by atoms with E-state index in [-0.39, 0.29) is 6.42 Å². The normalized spacial score (nSPS) is 10.5. The zero-order chi connectivity index (χ0) is 11.3. The first-order valence-corrected chi connectivity index (χ1v) is 4.64. The molecule has 0 aromatic heterocycles. The quantitative estimate of drug-likeness (QED) is 0.800. The highest BCUT2D eigenvalue weighted by atomic mass is 35.5. The number of aliphatic carboxylic acids is 1. The predicted molar refractivity (Wildman–Crippen MR) is 58.1 cm³/mol. The molecule has 1 aromatic rings. The molecule has 0 aliphatic heterocycles. The van der Waals surface area contributed by atoms with Crippen molar-refractivity contribution in [1.29, 1.82) is 0 Å². The summed E-state index contributed by atoms with van der Waals surface area (Å²) in [6.07, 6.45) is 3.72. The number of carboxylic acids is 1. The third kappa shape index (κ3) is 3.56. The Morgan fingerprint density at radius 1 is 1.47 bits per heavy atom. The van der Waals surface area contributed by atoms with E-state index in [4.69, 9.17) is 16.7 Å². The molecule has 0 unspecified atom stereocenters. The standard InChI is InChI=1S/C11H9ClO3/c12-10-5-4-8(7-13)6-9(10)2-1-3-11(14)15/h1-2,4-7H,3H2,(H,14,15). The molecule has 0 heterocycles. The Morgan fingerprint density at radius 2 is 2.20 bits per heavy atom. The minimum Gasteiger partial charge on any atom is -0.481 e. The molecule has 0 bridgehead atoms. The first-order valence-electron chi connectivity index (χ1n) is 4.26. The van der Waals surface area contributed by atoms with Crippen molar-refractivity contribution in [3.63, 3.8) is 0 Å². The summed E-state index contributed by atoms with van der Waals surface area (Å²) in [6.45, 7) is 0. The maximum atomic E-state index is 10.5. The van der Waals surface area contributed by atoms with E-state index in [0.29, 0.717) is 22.4 Å². The number of aldehydes is 1. The summed E-state index contributed by atoms with van der Waals surface area (Å²) in [5.41, 5.74) is 1.15. The Bertz CT molecular complexity index is 410. The van der Waals surface area contributed by atoms with E-state index < -0.39 is 5.97 Å². The van der Waals surface area contributed by atoms with Gasteiger partial charge in [0.1, 0.15) is 6.29 Å². The van der Waals surface area contributed by atoms with Gasteiger partial charge in [0.05, 0.1) is 6.42 Å². The van der Waals surface area contributed by atoms with Crippen molar-refractivity contribution >= 4 is 29.9 Å². The SMILES string of the molecule is O=Cc1ccc(Cl)c(C=CCC(=O)O)c1. The van der Waals surface area contributed by atoms with E-state index in [1.165, 1.54) is 6.08 Å². The Balaban J connectivity index is 2.88. The molecule has 0 aliphatic rings. The van der Waals surface area contributed by atoms with Crippen molar-refractivity contribution in [2.45, 2.75) is 6.42 Å². The maximum Gasteiger partial charge on any atom is 0.307 e. The lowest BCUT2D eigenvalue weighted by Gasteiger charge is -1.98. The van der Waals surface area contributed by atoms with Crippen molar-refractivity contribution in [2.24, 2.45) is 0 Å². The van der Waals surface area contributed by atoms with Crippen LogP contribution in [0.5, 0.6) is 0 Å². The molecular weight excluding hydrogens is 216 g/mol. The van der Waals surface area contributed by atoms with E-state index >= 15 is 0 Å². The number of rotatable bonds is 4. The summed E-state index contributed by atoms with van der Waals surface area (Å²) in [5.74, 6) is -0.908. The second-order valence-corrected chi connectivity index (χ2v) is 3.31. The fourth-order valence-corrected chi connectivity index (χ4v) is 1.23. The molecule has 0 saturated carbocycles. The Labute approximate surface area is 92.0 Å². The molecule has 0 atom stereocenters. The lowest BCUT2D eigenvalue weighted by atomic mass is 10.1. The van der Waals surface area contributed by atoms with Gasteiger partial charge in [-0.25, -0.2) is 0 Å². The van der Waals surface area contributed by atoms with Crippen LogP contribution in [0.3, 0.4) is 0 Å². The second kappa shape index (κ2) is 5.32. The molecule has 1 rings (SSSR count). The Hall–Kier alpha value is -1.61. The molecular formula is C11H9ClO3. The molecule has 78 valence electrons. The van der Waals surface area contributed by atoms with E-state index in [9.17, 15) is 9.59 Å². The molecule has 15 heavy (non-hydrogen) atoms. The first-order chi connectivity index (χ1) is 7.13. The van der Waals surface area contributed by atoms with E-state index in [1.807, 2.05) is 0 Å². The van der Waals surface area contributed by atoms with Gasteiger partial charge in [-0.2, -0.15) is 0 Å². The number of halogens is 1. The van der Waals surface area contributed by atoms with Crippen molar-refractivity contribution in [3.05, 3.63) is 40.4 Å². The van der Waals surface area contributed by atoms with Crippen molar-refractivity contribution in [1.82, 2.24) is 0 Å². The molecule has 4 heteroatoms. The minimum atomic E-state index is -0.908. The number of carbonyl (C=O) groups is 2. The highest BCUT2D eigenvalue weighted by Crippen LogP contribution is 2.18. The zero-order valence-corrected chi connectivity index (χ0v) is 8.57. The van der Waals surface area contributed by atoms with Crippen LogP contribution in [0.25, 0.3) is 6.08 Å². The van der Waals surface area contributed by atoms with E-state index in [1.54, 1.807) is 24.3 Å². The van der Waals surface area contributed by atoms with E-state index in [2.05, 4.69) is 0 Å². The van der Waals surface area contributed by atoms with Crippen LogP contribution in [0, 0.1) is 0 Å². The third-order valence-corrected chi connectivity index (χ3v) is 2.09. The van der Waals surface area contributed by atoms with Crippen LogP contribution < -0.4 is 0 Å². The molecule has 0 fully saturated rings. The van der Waals surface area contributed by atoms with Gasteiger partial charge >= 0.3 is 5.97 Å². The Morgan fingerprint density at radius 3 is 2.80 bits per heavy atom. The molecule has 0 amide bonds. The average Bonchev–Trinajstić information content (AvgIpc) is 2.20. The molecule has 3 nitrogen and oxygen atoms in total. The summed E-state index contributed by atoms with van der Waals surface area (Å²) in [7, 11) is 0. The average molecular weight is 225 g/mol. The lowest BCUT2D eigenvalue weighted by molar-refractivity contribution is -0.135. The number of benzene rings is 1.